The van der Waals surface area contributed by atoms with E-state index in [2.05, 4.69) is 15.5 Å². The highest BCUT2D eigenvalue weighted by Crippen LogP contribution is 2.20. The third-order valence-corrected chi connectivity index (χ3v) is 3.70. The Labute approximate surface area is 100 Å². The number of amides is 1. The zero-order valence-electron chi connectivity index (χ0n) is 8.51. The van der Waals surface area contributed by atoms with Crippen LogP contribution in [0.5, 0.6) is 0 Å². The van der Waals surface area contributed by atoms with Crippen LogP contribution in [0.3, 0.4) is 0 Å². The highest BCUT2D eigenvalue weighted by atomic mass is 32.1. The lowest BCUT2D eigenvalue weighted by Gasteiger charge is -1.97. The molecule has 5 nitrogen and oxygen atoms in total. The van der Waals surface area contributed by atoms with E-state index in [1.807, 2.05) is 18.4 Å². The second kappa shape index (κ2) is 4.69. The molecule has 0 saturated heterocycles. The first kappa shape index (κ1) is 11.2. The Balaban J connectivity index is 2.07. The van der Waals surface area contributed by atoms with Crippen molar-refractivity contribution in [3.8, 4) is 0 Å². The molecule has 16 heavy (non-hydrogen) atoms. The van der Waals surface area contributed by atoms with E-state index in [1.54, 1.807) is 6.07 Å². The van der Waals surface area contributed by atoms with E-state index >= 15 is 0 Å². The molecule has 0 bridgehead atoms. The normalized spacial score (nSPS) is 12.4. The first-order valence-electron chi connectivity index (χ1n) is 4.60. The van der Waals surface area contributed by atoms with Crippen molar-refractivity contribution in [1.82, 2.24) is 10.2 Å². The molecule has 2 heterocycles. The van der Waals surface area contributed by atoms with Crippen LogP contribution in [0.1, 0.15) is 27.6 Å². The Bertz CT molecular complexity index is 477. The lowest BCUT2D eigenvalue weighted by Crippen LogP contribution is -2.09. The molecule has 0 aliphatic heterocycles. The maximum atomic E-state index is 11.7. The quantitative estimate of drug-likeness (QED) is 0.876. The summed E-state index contributed by atoms with van der Waals surface area (Å²) >= 11 is 2.68. The van der Waals surface area contributed by atoms with Crippen molar-refractivity contribution in [2.75, 3.05) is 5.32 Å². The van der Waals surface area contributed by atoms with Gasteiger partial charge in [-0.25, -0.2) is 0 Å². The summed E-state index contributed by atoms with van der Waals surface area (Å²) in [5.74, 6) is -0.164. The minimum absolute atomic E-state index is 0.162. The van der Waals surface area contributed by atoms with Crippen molar-refractivity contribution >= 4 is 33.7 Å². The molecule has 1 amide bonds. The van der Waals surface area contributed by atoms with Gasteiger partial charge in [0.1, 0.15) is 5.01 Å². The fraction of sp³-hybridized carbons (Fsp3) is 0.222. The summed E-state index contributed by atoms with van der Waals surface area (Å²) < 4.78 is 0. The van der Waals surface area contributed by atoms with Gasteiger partial charge in [-0.1, -0.05) is 17.4 Å². The van der Waals surface area contributed by atoms with Crippen LogP contribution in [0.2, 0.25) is 0 Å². The number of carbonyl (C=O) groups is 1. The first-order chi connectivity index (χ1) is 7.66. The highest BCUT2D eigenvalue weighted by Gasteiger charge is 2.12. The fourth-order valence-corrected chi connectivity index (χ4v) is 2.35. The number of hydrogen-bond acceptors (Lipinski definition) is 6. The van der Waals surface area contributed by atoms with Gasteiger partial charge < -0.3 is 5.73 Å². The minimum atomic E-state index is -0.164. The van der Waals surface area contributed by atoms with Crippen molar-refractivity contribution in [2.45, 2.75) is 13.0 Å². The van der Waals surface area contributed by atoms with Gasteiger partial charge in [0, 0.05) is 0 Å². The van der Waals surface area contributed by atoms with E-state index in [4.69, 9.17) is 5.73 Å². The molecule has 0 aromatic carbocycles. The summed E-state index contributed by atoms with van der Waals surface area (Å²) in [7, 11) is 0. The van der Waals surface area contributed by atoms with Gasteiger partial charge in [-0.05, 0) is 18.4 Å². The number of hydrogen-bond donors (Lipinski definition) is 2. The Morgan fingerprint density at radius 2 is 2.38 bits per heavy atom. The van der Waals surface area contributed by atoms with Crippen molar-refractivity contribution in [1.29, 1.82) is 0 Å². The summed E-state index contributed by atoms with van der Waals surface area (Å²) in [4.78, 5) is 12.3. The van der Waals surface area contributed by atoms with Crippen LogP contribution in [0, 0.1) is 0 Å². The Kier molecular flexibility index (Phi) is 3.28. The number of nitrogens with zero attached hydrogens (tertiary/aromatic N) is 2. The summed E-state index contributed by atoms with van der Waals surface area (Å²) in [5, 5.41) is 13.4. The molecule has 0 aliphatic rings. The first-order valence-corrected chi connectivity index (χ1v) is 6.30. The van der Waals surface area contributed by atoms with Gasteiger partial charge in [0.05, 0.1) is 10.9 Å². The minimum Gasteiger partial charge on any atom is -0.322 e. The molecule has 2 rings (SSSR count). The Morgan fingerprint density at radius 3 is 2.94 bits per heavy atom. The molecule has 2 aromatic heterocycles. The molecule has 0 aliphatic carbocycles. The van der Waals surface area contributed by atoms with Crippen molar-refractivity contribution < 1.29 is 4.79 Å². The van der Waals surface area contributed by atoms with Crippen LogP contribution in [0.4, 0.5) is 5.13 Å². The van der Waals surface area contributed by atoms with E-state index in [-0.39, 0.29) is 11.9 Å². The summed E-state index contributed by atoms with van der Waals surface area (Å²) in [6, 6.07) is 3.42. The molecule has 0 fully saturated rings. The largest absolute Gasteiger partial charge is 0.322 e. The molecule has 7 heteroatoms. The number of nitrogens with two attached hydrogens (primary N) is 1. The van der Waals surface area contributed by atoms with Gasteiger partial charge in [0.2, 0.25) is 5.13 Å². The molecule has 0 spiro atoms. The van der Waals surface area contributed by atoms with E-state index in [0.717, 1.165) is 0 Å². The molecule has 0 saturated carbocycles. The Morgan fingerprint density at radius 1 is 1.56 bits per heavy atom. The van der Waals surface area contributed by atoms with Crippen LogP contribution in [0.15, 0.2) is 17.5 Å². The second-order valence-electron chi connectivity index (χ2n) is 3.17. The maximum Gasteiger partial charge on any atom is 0.267 e. The summed E-state index contributed by atoms with van der Waals surface area (Å²) in [6.07, 6.45) is 0. The molecular formula is C9H10N4OS2. The van der Waals surface area contributed by atoms with Gasteiger partial charge in [0.25, 0.3) is 5.91 Å². The number of nitrogens with one attached hydrogen (secondary N) is 1. The van der Waals surface area contributed by atoms with E-state index in [9.17, 15) is 4.79 Å². The lowest BCUT2D eigenvalue weighted by atomic mass is 10.4. The molecule has 3 N–H and O–H groups in total. The van der Waals surface area contributed by atoms with Crippen LogP contribution in [-0.2, 0) is 0 Å². The summed E-state index contributed by atoms with van der Waals surface area (Å²) in [6.45, 7) is 1.82. The van der Waals surface area contributed by atoms with Crippen molar-refractivity contribution in [2.24, 2.45) is 5.73 Å². The SMILES string of the molecule is CC(N)c1nnc(NC(=O)c2cccs2)s1. The zero-order valence-corrected chi connectivity index (χ0v) is 10.1. The predicted molar refractivity (Wildman–Crippen MR) is 64.8 cm³/mol. The van der Waals surface area contributed by atoms with Crippen molar-refractivity contribution in [3.05, 3.63) is 27.4 Å². The molecule has 2 aromatic rings. The van der Waals surface area contributed by atoms with Crippen molar-refractivity contribution in [3.63, 3.8) is 0 Å². The highest BCUT2D eigenvalue weighted by molar-refractivity contribution is 7.15. The van der Waals surface area contributed by atoms with Crippen LogP contribution in [-0.4, -0.2) is 16.1 Å². The lowest BCUT2D eigenvalue weighted by molar-refractivity contribution is 0.103. The van der Waals surface area contributed by atoms with Gasteiger partial charge in [-0.2, -0.15) is 0 Å². The zero-order chi connectivity index (χ0) is 11.5. The average molecular weight is 254 g/mol. The van der Waals surface area contributed by atoms with Crippen LogP contribution < -0.4 is 11.1 Å². The third-order valence-electron chi connectivity index (χ3n) is 1.80. The second-order valence-corrected chi connectivity index (χ2v) is 5.12. The molecule has 84 valence electrons. The van der Waals surface area contributed by atoms with Crippen LogP contribution >= 0.6 is 22.7 Å². The number of thiophene rings is 1. The van der Waals surface area contributed by atoms with Crippen LogP contribution in [0.25, 0.3) is 0 Å². The molecule has 1 unspecified atom stereocenters. The monoisotopic (exact) mass is 254 g/mol. The van der Waals surface area contributed by atoms with E-state index in [0.29, 0.717) is 15.0 Å². The Hall–Kier alpha value is -1.31. The predicted octanol–water partition coefficient (Wildman–Crippen LogP) is 1.87. The van der Waals surface area contributed by atoms with Gasteiger partial charge in [0.15, 0.2) is 0 Å². The number of rotatable bonds is 3. The van der Waals surface area contributed by atoms with E-state index in [1.165, 1.54) is 22.7 Å². The van der Waals surface area contributed by atoms with Gasteiger partial charge in [-0.15, -0.1) is 21.5 Å². The average Bonchev–Trinajstić information content (AvgIpc) is 2.87. The number of carbonyl (C=O) groups excluding carboxylic acids is 1. The molecular weight excluding hydrogens is 244 g/mol. The smallest absolute Gasteiger partial charge is 0.267 e. The molecule has 0 radical (unpaired) electrons. The number of aromatic nitrogens is 2. The van der Waals surface area contributed by atoms with E-state index < -0.39 is 0 Å². The maximum absolute atomic E-state index is 11.7. The summed E-state index contributed by atoms with van der Waals surface area (Å²) in [5.41, 5.74) is 5.65. The van der Waals surface area contributed by atoms with Gasteiger partial charge in [-0.3, -0.25) is 10.1 Å². The standard InChI is InChI=1S/C9H10N4OS2/c1-5(10)8-12-13-9(16-8)11-7(14)6-3-2-4-15-6/h2-5H,10H2,1H3,(H,11,13,14). The third kappa shape index (κ3) is 2.43. The molecule has 1 atom stereocenters. The van der Waals surface area contributed by atoms with Gasteiger partial charge >= 0.3 is 0 Å². The fourth-order valence-electron chi connectivity index (χ4n) is 1.04. The topological polar surface area (TPSA) is 80.9 Å². The number of anilines is 1.